The molecule has 0 bridgehead atoms. The van der Waals surface area contributed by atoms with Gasteiger partial charge in [0, 0.05) is 30.0 Å². The van der Waals surface area contributed by atoms with Crippen LogP contribution >= 0.6 is 11.6 Å². The molecule has 6 heteroatoms. The molecular weight excluding hydrogens is 340 g/mol. The van der Waals surface area contributed by atoms with Crippen molar-refractivity contribution in [3.05, 3.63) is 58.6 Å². The quantitative estimate of drug-likeness (QED) is 0.828. The van der Waals surface area contributed by atoms with E-state index in [0.29, 0.717) is 22.9 Å². The largest absolute Gasteiger partial charge is 0.497 e. The fourth-order valence-electron chi connectivity index (χ4n) is 2.92. The maximum absolute atomic E-state index is 12.1. The predicted octanol–water partition coefficient (Wildman–Crippen LogP) is 4.05. The molecule has 1 amide bonds. The first-order chi connectivity index (χ1) is 12.0. The minimum atomic E-state index is -0.177. The van der Waals surface area contributed by atoms with E-state index in [-0.39, 0.29) is 11.9 Å². The smallest absolute Gasteiger partial charge is 0.240 e. The number of hydrogen-bond donors (Lipinski definition) is 0. The number of nitrogens with zero attached hydrogens (tertiary/aromatic N) is 2. The summed E-state index contributed by atoms with van der Waals surface area (Å²) in [7, 11) is 3.21. The summed E-state index contributed by atoms with van der Waals surface area (Å²) in [6.45, 7) is 1.51. The zero-order valence-corrected chi connectivity index (χ0v) is 15.1. The Labute approximate surface area is 151 Å². The molecule has 130 valence electrons. The number of hydrazone groups is 1. The third-order valence-corrected chi connectivity index (χ3v) is 4.39. The fourth-order valence-corrected chi connectivity index (χ4v) is 3.12. The monoisotopic (exact) mass is 358 g/mol. The molecule has 25 heavy (non-hydrogen) atoms. The standard InChI is InChI=1S/C19H19ClN2O3/c1-12(23)22-19(13-5-4-6-15(20)7-13)11-18(21-22)14-8-16(24-2)10-17(9-14)25-3/h4-10,19H,11H2,1-3H3/t19-/m0/s1. The SMILES string of the molecule is COc1cc(OC)cc(C2=NN(C(C)=O)[C@H](c3cccc(Cl)c3)C2)c1. The summed E-state index contributed by atoms with van der Waals surface area (Å²) in [5.41, 5.74) is 2.63. The summed E-state index contributed by atoms with van der Waals surface area (Å²) in [6.07, 6.45) is 0.593. The van der Waals surface area contributed by atoms with E-state index in [0.717, 1.165) is 16.8 Å². The average Bonchev–Trinajstić information content (AvgIpc) is 3.07. The van der Waals surface area contributed by atoms with Crippen molar-refractivity contribution in [2.24, 2.45) is 5.10 Å². The van der Waals surface area contributed by atoms with Crippen LogP contribution in [0.4, 0.5) is 0 Å². The van der Waals surface area contributed by atoms with Gasteiger partial charge in [0.25, 0.3) is 0 Å². The fraction of sp³-hybridized carbons (Fsp3) is 0.263. The van der Waals surface area contributed by atoms with E-state index in [4.69, 9.17) is 21.1 Å². The van der Waals surface area contributed by atoms with Gasteiger partial charge < -0.3 is 9.47 Å². The Kier molecular flexibility index (Phi) is 4.95. The Morgan fingerprint density at radius 1 is 1.16 bits per heavy atom. The maximum Gasteiger partial charge on any atom is 0.240 e. The number of benzene rings is 2. The Balaban J connectivity index is 1.99. The van der Waals surface area contributed by atoms with Crippen LogP contribution in [0.15, 0.2) is 47.6 Å². The van der Waals surface area contributed by atoms with Crippen molar-refractivity contribution < 1.29 is 14.3 Å². The second kappa shape index (κ2) is 7.15. The third kappa shape index (κ3) is 3.61. The summed E-state index contributed by atoms with van der Waals surface area (Å²) in [5.74, 6) is 1.24. The summed E-state index contributed by atoms with van der Waals surface area (Å²) >= 11 is 6.11. The van der Waals surface area contributed by atoms with Crippen LogP contribution in [0.5, 0.6) is 11.5 Å². The van der Waals surface area contributed by atoms with Gasteiger partial charge in [0.2, 0.25) is 5.91 Å². The number of carbonyl (C=O) groups is 1. The van der Waals surface area contributed by atoms with Crippen molar-refractivity contribution >= 4 is 23.2 Å². The second-order valence-corrected chi connectivity index (χ2v) is 6.22. The molecule has 1 heterocycles. The highest BCUT2D eigenvalue weighted by molar-refractivity contribution is 6.30. The average molecular weight is 359 g/mol. The second-order valence-electron chi connectivity index (χ2n) is 5.79. The van der Waals surface area contributed by atoms with E-state index in [2.05, 4.69) is 5.10 Å². The van der Waals surface area contributed by atoms with Crippen molar-refractivity contribution in [3.63, 3.8) is 0 Å². The van der Waals surface area contributed by atoms with Crippen LogP contribution in [-0.2, 0) is 4.79 Å². The Morgan fingerprint density at radius 2 is 1.84 bits per heavy atom. The molecule has 0 aliphatic carbocycles. The van der Waals surface area contributed by atoms with Gasteiger partial charge in [-0.15, -0.1) is 0 Å². The van der Waals surface area contributed by atoms with E-state index in [1.807, 2.05) is 36.4 Å². The van der Waals surface area contributed by atoms with Gasteiger partial charge in [-0.1, -0.05) is 23.7 Å². The zero-order chi connectivity index (χ0) is 18.0. The molecule has 2 aromatic carbocycles. The molecule has 0 N–H and O–H groups in total. The molecule has 0 unspecified atom stereocenters. The number of hydrogen-bond acceptors (Lipinski definition) is 4. The lowest BCUT2D eigenvalue weighted by Crippen LogP contribution is -2.24. The van der Waals surface area contributed by atoms with Crippen LogP contribution in [0, 0.1) is 0 Å². The number of carbonyl (C=O) groups excluding carboxylic acids is 1. The van der Waals surface area contributed by atoms with Crippen LogP contribution < -0.4 is 9.47 Å². The minimum Gasteiger partial charge on any atom is -0.497 e. The van der Waals surface area contributed by atoms with Gasteiger partial charge in [-0.05, 0) is 29.8 Å². The highest BCUT2D eigenvalue weighted by atomic mass is 35.5. The molecule has 2 aromatic rings. The molecule has 3 rings (SSSR count). The number of rotatable bonds is 4. The molecule has 0 fully saturated rings. The molecule has 0 aromatic heterocycles. The Bertz CT molecular complexity index is 813. The molecule has 0 radical (unpaired) electrons. The highest BCUT2D eigenvalue weighted by Gasteiger charge is 2.31. The van der Waals surface area contributed by atoms with Gasteiger partial charge >= 0.3 is 0 Å². The Morgan fingerprint density at radius 3 is 2.40 bits per heavy atom. The first-order valence-corrected chi connectivity index (χ1v) is 8.26. The molecule has 0 spiro atoms. The lowest BCUT2D eigenvalue weighted by atomic mass is 9.98. The van der Waals surface area contributed by atoms with Crippen molar-refractivity contribution in [1.82, 2.24) is 5.01 Å². The third-order valence-electron chi connectivity index (χ3n) is 4.15. The molecule has 0 saturated carbocycles. The Hall–Kier alpha value is -2.53. The molecule has 0 saturated heterocycles. The normalized spacial score (nSPS) is 16.6. The van der Waals surface area contributed by atoms with Crippen LogP contribution in [0.2, 0.25) is 5.02 Å². The first kappa shape index (κ1) is 17.3. The van der Waals surface area contributed by atoms with Crippen molar-refractivity contribution in [2.45, 2.75) is 19.4 Å². The van der Waals surface area contributed by atoms with Crippen LogP contribution in [-0.4, -0.2) is 30.8 Å². The van der Waals surface area contributed by atoms with Crippen LogP contribution in [0.1, 0.15) is 30.5 Å². The number of amides is 1. The van der Waals surface area contributed by atoms with Crippen LogP contribution in [0.3, 0.4) is 0 Å². The molecule has 1 atom stereocenters. The van der Waals surface area contributed by atoms with E-state index >= 15 is 0 Å². The summed E-state index contributed by atoms with van der Waals surface area (Å²) in [6, 6.07) is 12.9. The van der Waals surface area contributed by atoms with Gasteiger partial charge in [0.1, 0.15) is 11.5 Å². The van der Waals surface area contributed by atoms with E-state index in [9.17, 15) is 4.79 Å². The van der Waals surface area contributed by atoms with Gasteiger partial charge in [-0.25, -0.2) is 5.01 Å². The van der Waals surface area contributed by atoms with Gasteiger partial charge in [0.05, 0.1) is 26.0 Å². The zero-order valence-electron chi connectivity index (χ0n) is 14.3. The van der Waals surface area contributed by atoms with Gasteiger partial charge in [0.15, 0.2) is 0 Å². The summed E-state index contributed by atoms with van der Waals surface area (Å²) in [5, 5.41) is 6.69. The highest BCUT2D eigenvalue weighted by Crippen LogP contribution is 2.35. The lowest BCUT2D eigenvalue weighted by Gasteiger charge is -2.20. The van der Waals surface area contributed by atoms with E-state index < -0.39 is 0 Å². The predicted molar refractivity (Wildman–Crippen MR) is 97.4 cm³/mol. The van der Waals surface area contributed by atoms with Crippen molar-refractivity contribution in [2.75, 3.05) is 14.2 Å². The first-order valence-electron chi connectivity index (χ1n) is 7.88. The topological polar surface area (TPSA) is 51.1 Å². The van der Waals surface area contributed by atoms with Crippen molar-refractivity contribution in [1.29, 1.82) is 0 Å². The van der Waals surface area contributed by atoms with E-state index in [1.165, 1.54) is 11.9 Å². The summed E-state index contributed by atoms with van der Waals surface area (Å²) in [4.78, 5) is 12.1. The van der Waals surface area contributed by atoms with Crippen molar-refractivity contribution in [3.8, 4) is 11.5 Å². The van der Waals surface area contributed by atoms with Gasteiger partial charge in [-0.2, -0.15) is 5.10 Å². The maximum atomic E-state index is 12.1. The number of ether oxygens (including phenoxy) is 2. The summed E-state index contributed by atoms with van der Waals surface area (Å²) < 4.78 is 10.7. The van der Waals surface area contributed by atoms with Crippen LogP contribution in [0.25, 0.3) is 0 Å². The molecule has 1 aliphatic rings. The van der Waals surface area contributed by atoms with Gasteiger partial charge in [-0.3, -0.25) is 4.79 Å². The number of methoxy groups -OCH3 is 2. The van der Waals surface area contributed by atoms with E-state index in [1.54, 1.807) is 20.3 Å². The number of halogens is 1. The lowest BCUT2D eigenvalue weighted by molar-refractivity contribution is -0.130. The minimum absolute atomic E-state index is 0.116. The molecule has 1 aliphatic heterocycles. The molecule has 5 nitrogen and oxygen atoms in total. The molecular formula is C19H19ClN2O3.